The Balaban J connectivity index is 1.57. The van der Waals surface area contributed by atoms with E-state index in [9.17, 15) is 0 Å². The van der Waals surface area contributed by atoms with E-state index in [2.05, 4.69) is 23.6 Å². The highest BCUT2D eigenvalue weighted by Gasteiger charge is 2.37. The van der Waals surface area contributed by atoms with Crippen molar-refractivity contribution in [2.45, 2.75) is 103 Å². The van der Waals surface area contributed by atoms with Crippen LogP contribution >= 0.6 is 0 Å². The lowest BCUT2D eigenvalue weighted by Gasteiger charge is -2.49. The molecule has 4 aliphatic heterocycles. The molecule has 1 atom stereocenters. The minimum Gasteiger partial charge on any atom is -0.302 e. The number of piperidine rings is 3. The van der Waals surface area contributed by atoms with Crippen LogP contribution < -0.4 is 0 Å². The highest BCUT2D eigenvalue weighted by molar-refractivity contribution is 4.92. The predicted molar refractivity (Wildman–Crippen MR) is 109 cm³/mol. The van der Waals surface area contributed by atoms with Crippen LogP contribution in [0.1, 0.15) is 97.3 Å². The lowest BCUT2D eigenvalue weighted by atomic mass is 9.72. The van der Waals surface area contributed by atoms with Crippen LogP contribution in [0, 0.1) is 11.3 Å². The van der Waals surface area contributed by atoms with E-state index in [0.717, 1.165) is 12.0 Å². The van der Waals surface area contributed by atoms with Gasteiger partial charge in [0.15, 0.2) is 0 Å². The second kappa shape index (κ2) is 9.74. The van der Waals surface area contributed by atoms with Crippen molar-refractivity contribution >= 4 is 0 Å². The van der Waals surface area contributed by atoms with Crippen LogP contribution in [-0.4, -0.2) is 48.6 Å². The Morgan fingerprint density at radius 3 is 1.92 bits per heavy atom. The summed E-state index contributed by atoms with van der Waals surface area (Å²) in [6, 6.07) is 0.888. The maximum Gasteiger partial charge on any atom is 0.0252 e. The molecule has 2 bridgehead atoms. The summed E-state index contributed by atoms with van der Waals surface area (Å²) >= 11 is 0. The van der Waals surface area contributed by atoms with Gasteiger partial charge in [0.05, 0.1) is 0 Å². The summed E-state index contributed by atoms with van der Waals surface area (Å²) in [6.45, 7) is 11.7. The summed E-state index contributed by atoms with van der Waals surface area (Å²) in [7, 11) is 0. The second-order valence-electron chi connectivity index (χ2n) is 9.51. The van der Waals surface area contributed by atoms with Crippen molar-refractivity contribution in [3.8, 4) is 0 Å². The van der Waals surface area contributed by atoms with E-state index in [1.807, 2.05) is 0 Å². The molecule has 0 radical (unpaired) electrons. The molecule has 146 valence electrons. The zero-order chi connectivity index (χ0) is 17.5. The molecule has 4 rings (SSSR count). The SMILES string of the molecule is CCCC1(CCC)CCCCCN(C2CN3CCC2CC3)CCCC1. The molecule has 1 unspecified atom stereocenters. The first-order chi connectivity index (χ1) is 12.3. The van der Waals surface area contributed by atoms with Gasteiger partial charge < -0.3 is 4.90 Å². The van der Waals surface area contributed by atoms with Gasteiger partial charge in [-0.3, -0.25) is 4.90 Å². The number of rotatable bonds is 5. The topological polar surface area (TPSA) is 6.48 Å². The Labute approximate surface area is 157 Å². The Morgan fingerprint density at radius 1 is 0.760 bits per heavy atom. The van der Waals surface area contributed by atoms with Gasteiger partial charge in [-0.1, -0.05) is 46.0 Å². The summed E-state index contributed by atoms with van der Waals surface area (Å²) in [4.78, 5) is 5.67. The number of hydrogen-bond acceptors (Lipinski definition) is 2. The molecule has 0 N–H and O–H groups in total. The zero-order valence-electron chi connectivity index (χ0n) is 17.3. The standard InChI is InChI=1S/C23H44N2/c1-3-12-23(13-4-2)14-6-5-8-16-25(17-9-7-15-23)22-20-24-18-10-21(22)11-19-24/h21-22H,3-20H2,1-2H3. The fourth-order valence-electron chi connectivity index (χ4n) is 6.41. The largest absolute Gasteiger partial charge is 0.302 e. The van der Waals surface area contributed by atoms with E-state index in [1.54, 1.807) is 0 Å². The van der Waals surface area contributed by atoms with Crippen molar-refractivity contribution in [3.05, 3.63) is 0 Å². The molecular formula is C23H44N2. The van der Waals surface area contributed by atoms with Crippen molar-refractivity contribution in [2.24, 2.45) is 11.3 Å². The van der Waals surface area contributed by atoms with Gasteiger partial charge in [-0.2, -0.15) is 0 Å². The van der Waals surface area contributed by atoms with Gasteiger partial charge in [0, 0.05) is 12.6 Å². The van der Waals surface area contributed by atoms with Crippen LogP contribution in [0.4, 0.5) is 0 Å². The summed E-state index contributed by atoms with van der Waals surface area (Å²) < 4.78 is 0. The van der Waals surface area contributed by atoms with Gasteiger partial charge in [0.2, 0.25) is 0 Å². The summed E-state index contributed by atoms with van der Waals surface area (Å²) in [6.07, 6.45) is 19.0. The first-order valence-corrected chi connectivity index (χ1v) is 11.7. The molecule has 0 amide bonds. The minimum absolute atomic E-state index is 0.689. The smallest absolute Gasteiger partial charge is 0.0252 e. The molecule has 0 aliphatic carbocycles. The molecule has 0 saturated carbocycles. The van der Waals surface area contributed by atoms with Gasteiger partial charge in [-0.25, -0.2) is 0 Å². The van der Waals surface area contributed by atoms with Crippen LogP contribution in [0.3, 0.4) is 0 Å². The summed E-state index contributed by atoms with van der Waals surface area (Å²) in [5.74, 6) is 1.01. The molecule has 0 spiro atoms. The molecule has 4 aliphatic rings. The first kappa shape index (κ1) is 19.7. The third-order valence-corrected chi connectivity index (χ3v) is 7.71. The van der Waals surface area contributed by atoms with Crippen LogP contribution in [0.15, 0.2) is 0 Å². The van der Waals surface area contributed by atoms with Crippen molar-refractivity contribution in [1.29, 1.82) is 0 Å². The normalized spacial score (nSPS) is 34.6. The van der Waals surface area contributed by atoms with E-state index in [4.69, 9.17) is 0 Å². The quantitative estimate of drug-likeness (QED) is 0.627. The van der Waals surface area contributed by atoms with Crippen molar-refractivity contribution < 1.29 is 0 Å². The van der Waals surface area contributed by atoms with E-state index in [-0.39, 0.29) is 0 Å². The fraction of sp³-hybridized carbons (Fsp3) is 1.00. The Bertz CT molecular complexity index is 366. The first-order valence-electron chi connectivity index (χ1n) is 11.7. The number of nitrogens with zero attached hydrogens (tertiary/aromatic N) is 2. The number of fused-ring (bicyclic) bond motifs is 3. The average molecular weight is 349 g/mol. The van der Waals surface area contributed by atoms with Crippen molar-refractivity contribution in [1.82, 2.24) is 9.80 Å². The van der Waals surface area contributed by atoms with Crippen molar-refractivity contribution in [3.63, 3.8) is 0 Å². The predicted octanol–water partition coefficient (Wildman–Crippen LogP) is 5.71. The highest BCUT2D eigenvalue weighted by atomic mass is 15.2. The summed E-state index contributed by atoms with van der Waals surface area (Å²) in [5, 5.41) is 0. The Morgan fingerprint density at radius 2 is 1.36 bits per heavy atom. The third-order valence-electron chi connectivity index (χ3n) is 7.71. The van der Waals surface area contributed by atoms with Gasteiger partial charge >= 0.3 is 0 Å². The molecular weight excluding hydrogens is 304 g/mol. The van der Waals surface area contributed by atoms with E-state index >= 15 is 0 Å². The van der Waals surface area contributed by atoms with Crippen LogP contribution in [0.5, 0.6) is 0 Å². The lowest BCUT2D eigenvalue weighted by Crippen LogP contribution is -2.57. The van der Waals surface area contributed by atoms with E-state index in [1.165, 1.54) is 116 Å². The molecule has 25 heavy (non-hydrogen) atoms. The van der Waals surface area contributed by atoms with Crippen LogP contribution in [0.25, 0.3) is 0 Å². The van der Waals surface area contributed by atoms with Gasteiger partial charge in [-0.05, 0) is 88.9 Å². The van der Waals surface area contributed by atoms with E-state index < -0.39 is 0 Å². The van der Waals surface area contributed by atoms with Crippen LogP contribution in [0.2, 0.25) is 0 Å². The van der Waals surface area contributed by atoms with Crippen molar-refractivity contribution in [2.75, 3.05) is 32.7 Å². The highest BCUT2D eigenvalue weighted by Crippen LogP contribution is 2.41. The Hall–Kier alpha value is -0.0800. The zero-order valence-corrected chi connectivity index (χ0v) is 17.3. The maximum atomic E-state index is 2.93. The summed E-state index contributed by atoms with van der Waals surface area (Å²) in [5.41, 5.74) is 0.689. The minimum atomic E-state index is 0.689. The molecule has 0 aromatic carbocycles. The molecule has 0 aromatic heterocycles. The van der Waals surface area contributed by atoms with Crippen LogP contribution in [-0.2, 0) is 0 Å². The molecule has 4 heterocycles. The second-order valence-corrected chi connectivity index (χ2v) is 9.51. The van der Waals surface area contributed by atoms with Gasteiger partial charge in [-0.15, -0.1) is 0 Å². The number of hydrogen-bond donors (Lipinski definition) is 0. The third kappa shape index (κ3) is 5.22. The Kier molecular flexibility index (Phi) is 7.66. The molecule has 4 fully saturated rings. The molecule has 4 saturated heterocycles. The monoisotopic (exact) mass is 348 g/mol. The molecule has 2 nitrogen and oxygen atoms in total. The maximum absolute atomic E-state index is 2.93. The van der Waals surface area contributed by atoms with Gasteiger partial charge in [0.25, 0.3) is 0 Å². The lowest BCUT2D eigenvalue weighted by molar-refractivity contribution is 0.00379. The average Bonchev–Trinajstić information content (AvgIpc) is 2.68. The van der Waals surface area contributed by atoms with E-state index in [0.29, 0.717) is 5.41 Å². The van der Waals surface area contributed by atoms with Gasteiger partial charge in [0.1, 0.15) is 0 Å². The fourth-order valence-corrected chi connectivity index (χ4v) is 6.41. The molecule has 0 aromatic rings. The molecule has 2 heteroatoms.